The number of rotatable bonds is 3. The highest BCUT2D eigenvalue weighted by Gasteiger charge is 2.39. The summed E-state index contributed by atoms with van der Waals surface area (Å²) < 4.78 is 1.40. The lowest BCUT2D eigenvalue weighted by molar-refractivity contribution is 0.0179. The van der Waals surface area contributed by atoms with Gasteiger partial charge in [-0.25, -0.2) is 0 Å². The summed E-state index contributed by atoms with van der Waals surface area (Å²) in [6.45, 7) is 12.5. The molecule has 0 spiro atoms. The van der Waals surface area contributed by atoms with E-state index < -0.39 is 0 Å². The molecule has 2 nitrogen and oxygen atoms in total. The Morgan fingerprint density at radius 2 is 2.00 bits per heavy atom. The number of thiophene rings is 1. The van der Waals surface area contributed by atoms with Gasteiger partial charge in [0, 0.05) is 35.4 Å². The van der Waals surface area contributed by atoms with Gasteiger partial charge in [0.05, 0.1) is 0 Å². The first-order chi connectivity index (χ1) is 9.93. The molecular formula is C18H26N2S. The van der Waals surface area contributed by atoms with Crippen LogP contribution in [0.15, 0.2) is 29.6 Å². The summed E-state index contributed by atoms with van der Waals surface area (Å²) in [6, 6.07) is 8.77. The van der Waals surface area contributed by atoms with Crippen LogP contribution in [0.5, 0.6) is 0 Å². The van der Waals surface area contributed by atoms with Gasteiger partial charge < -0.3 is 5.32 Å². The number of hydrogen-bond acceptors (Lipinski definition) is 3. The number of piperazine rings is 1. The van der Waals surface area contributed by atoms with E-state index >= 15 is 0 Å². The summed E-state index contributed by atoms with van der Waals surface area (Å²) in [5.74, 6) is 0. The summed E-state index contributed by atoms with van der Waals surface area (Å²) in [5, 5.41) is 7.48. The number of fused-ring (bicyclic) bond motifs is 1. The van der Waals surface area contributed by atoms with Gasteiger partial charge in [0.1, 0.15) is 0 Å². The average molecular weight is 302 g/mol. The maximum atomic E-state index is 3.71. The van der Waals surface area contributed by atoms with Crippen molar-refractivity contribution in [2.24, 2.45) is 0 Å². The maximum absolute atomic E-state index is 3.71. The summed E-state index contributed by atoms with van der Waals surface area (Å²) in [4.78, 5) is 2.68. The van der Waals surface area contributed by atoms with E-state index in [0.717, 1.165) is 19.6 Å². The monoisotopic (exact) mass is 302 g/mol. The zero-order chi connectivity index (χ0) is 15.1. The quantitative estimate of drug-likeness (QED) is 0.911. The summed E-state index contributed by atoms with van der Waals surface area (Å²) in [6.07, 6.45) is 1.18. The van der Waals surface area contributed by atoms with Crippen molar-refractivity contribution in [3.63, 3.8) is 0 Å². The molecule has 1 fully saturated rings. The van der Waals surface area contributed by atoms with E-state index in [-0.39, 0.29) is 11.1 Å². The third-order valence-electron chi connectivity index (χ3n) is 4.98. The van der Waals surface area contributed by atoms with Crippen LogP contribution in [0.1, 0.15) is 39.7 Å². The van der Waals surface area contributed by atoms with Crippen LogP contribution in [0, 0.1) is 0 Å². The van der Waals surface area contributed by atoms with Gasteiger partial charge in [0.15, 0.2) is 0 Å². The molecular weight excluding hydrogens is 276 g/mol. The molecule has 1 aliphatic heterocycles. The van der Waals surface area contributed by atoms with Gasteiger partial charge in [-0.05, 0) is 49.6 Å². The van der Waals surface area contributed by atoms with Gasteiger partial charge in [-0.1, -0.05) is 25.1 Å². The Balaban J connectivity index is 1.90. The molecule has 21 heavy (non-hydrogen) atoms. The van der Waals surface area contributed by atoms with Gasteiger partial charge in [0.25, 0.3) is 0 Å². The number of hydrogen-bond donors (Lipinski definition) is 1. The summed E-state index contributed by atoms with van der Waals surface area (Å²) in [5.41, 5.74) is 1.92. The Kier molecular flexibility index (Phi) is 3.85. The molecule has 1 saturated heterocycles. The Labute approximate surface area is 132 Å². The first-order valence-corrected chi connectivity index (χ1v) is 8.77. The zero-order valence-electron chi connectivity index (χ0n) is 13.6. The molecule has 0 amide bonds. The largest absolute Gasteiger partial charge is 0.309 e. The minimum absolute atomic E-state index is 0.195. The smallest absolute Gasteiger partial charge is 0.0346 e. The minimum Gasteiger partial charge on any atom is -0.309 e. The predicted octanol–water partition coefficient (Wildman–Crippen LogP) is 4.25. The molecule has 0 aliphatic carbocycles. The number of nitrogens with one attached hydrogen (secondary N) is 1. The van der Waals surface area contributed by atoms with Crippen LogP contribution in [-0.4, -0.2) is 29.1 Å². The molecule has 3 rings (SSSR count). The number of nitrogens with zero attached hydrogens (tertiary/aromatic N) is 1. The second-order valence-electron chi connectivity index (χ2n) is 7.20. The van der Waals surface area contributed by atoms with Gasteiger partial charge in [-0.3, -0.25) is 4.90 Å². The van der Waals surface area contributed by atoms with Crippen LogP contribution in [0.3, 0.4) is 0 Å². The van der Waals surface area contributed by atoms with Crippen LogP contribution >= 0.6 is 11.3 Å². The third kappa shape index (κ3) is 2.87. The molecule has 114 valence electrons. The van der Waals surface area contributed by atoms with Gasteiger partial charge in [-0.2, -0.15) is 0 Å². The lowest BCUT2D eigenvalue weighted by atomic mass is 9.87. The van der Waals surface area contributed by atoms with Crippen molar-refractivity contribution < 1.29 is 0 Å². The van der Waals surface area contributed by atoms with Crippen molar-refractivity contribution in [2.75, 3.05) is 13.1 Å². The van der Waals surface area contributed by atoms with Crippen molar-refractivity contribution in [3.8, 4) is 0 Å². The molecule has 2 heterocycles. The molecule has 2 aromatic rings. The molecule has 0 radical (unpaired) electrons. The van der Waals surface area contributed by atoms with Gasteiger partial charge in [0.2, 0.25) is 0 Å². The molecule has 1 aliphatic rings. The first kappa shape index (κ1) is 15.0. The number of benzene rings is 1. The van der Waals surface area contributed by atoms with Crippen molar-refractivity contribution in [1.29, 1.82) is 0 Å². The highest BCUT2D eigenvalue weighted by atomic mass is 32.1. The lowest BCUT2D eigenvalue weighted by Crippen LogP contribution is -2.66. The molecule has 0 saturated carbocycles. The van der Waals surface area contributed by atoms with E-state index in [1.54, 1.807) is 0 Å². The van der Waals surface area contributed by atoms with Crippen LogP contribution < -0.4 is 5.32 Å². The molecule has 1 aromatic heterocycles. The van der Waals surface area contributed by atoms with Gasteiger partial charge >= 0.3 is 0 Å². The predicted molar refractivity (Wildman–Crippen MR) is 93.0 cm³/mol. The fourth-order valence-electron chi connectivity index (χ4n) is 3.22. The van der Waals surface area contributed by atoms with Crippen LogP contribution in [0.25, 0.3) is 10.1 Å². The molecule has 1 atom stereocenters. The molecule has 1 N–H and O–H groups in total. The zero-order valence-corrected chi connectivity index (χ0v) is 14.4. The highest BCUT2D eigenvalue weighted by Crippen LogP contribution is 2.32. The fraction of sp³-hybridized carbons (Fsp3) is 0.556. The fourth-order valence-corrected chi connectivity index (χ4v) is 4.18. The SMILES string of the molecule is CCC1(C)CNC(C)(C)CN1Cc1csc2ccccc12. The standard InChI is InChI=1S/C18H26N2S/c1-5-18(4)12-19-17(2,3)13-20(18)10-14-11-21-16-9-7-6-8-15(14)16/h6-9,11,19H,5,10,12-13H2,1-4H3. The summed E-state index contributed by atoms with van der Waals surface area (Å²) >= 11 is 1.87. The van der Waals surface area contributed by atoms with Crippen LogP contribution in [0.4, 0.5) is 0 Å². The van der Waals surface area contributed by atoms with E-state index in [9.17, 15) is 0 Å². The molecule has 1 unspecified atom stereocenters. The Bertz CT molecular complexity index is 631. The van der Waals surface area contributed by atoms with Crippen molar-refractivity contribution in [1.82, 2.24) is 10.2 Å². The van der Waals surface area contributed by atoms with E-state index in [4.69, 9.17) is 0 Å². The topological polar surface area (TPSA) is 15.3 Å². The maximum Gasteiger partial charge on any atom is 0.0346 e. The van der Waals surface area contributed by atoms with Crippen LogP contribution in [-0.2, 0) is 6.54 Å². The lowest BCUT2D eigenvalue weighted by Gasteiger charge is -2.51. The minimum atomic E-state index is 0.195. The first-order valence-electron chi connectivity index (χ1n) is 7.89. The van der Waals surface area contributed by atoms with Crippen molar-refractivity contribution >= 4 is 21.4 Å². The highest BCUT2D eigenvalue weighted by molar-refractivity contribution is 7.17. The second kappa shape index (κ2) is 5.38. The van der Waals surface area contributed by atoms with E-state index in [2.05, 4.69) is 67.6 Å². The van der Waals surface area contributed by atoms with Crippen LogP contribution in [0.2, 0.25) is 0 Å². The Morgan fingerprint density at radius 3 is 2.76 bits per heavy atom. The van der Waals surface area contributed by atoms with E-state index in [1.165, 1.54) is 22.1 Å². The normalized spacial score (nSPS) is 26.3. The molecule has 3 heteroatoms. The van der Waals surface area contributed by atoms with E-state index in [1.807, 2.05) is 11.3 Å². The van der Waals surface area contributed by atoms with Gasteiger partial charge in [-0.15, -0.1) is 11.3 Å². The summed E-state index contributed by atoms with van der Waals surface area (Å²) in [7, 11) is 0. The second-order valence-corrected chi connectivity index (χ2v) is 8.11. The molecule has 1 aromatic carbocycles. The van der Waals surface area contributed by atoms with Crippen molar-refractivity contribution in [3.05, 3.63) is 35.2 Å². The Hall–Kier alpha value is -0.900. The third-order valence-corrected chi connectivity index (χ3v) is 5.99. The van der Waals surface area contributed by atoms with E-state index in [0.29, 0.717) is 0 Å². The van der Waals surface area contributed by atoms with Crippen molar-refractivity contribution in [2.45, 2.75) is 51.7 Å². The Morgan fingerprint density at radius 1 is 1.24 bits per heavy atom. The molecule has 0 bridgehead atoms. The average Bonchev–Trinajstić information content (AvgIpc) is 2.86.